The molecule has 0 heterocycles. The minimum atomic E-state index is 0.201. The Kier molecular flexibility index (Phi) is 16.7. The molecule has 124 valence electrons. The quantitative estimate of drug-likeness (QED) is 0.149. The summed E-state index contributed by atoms with van der Waals surface area (Å²) in [6.07, 6.45) is 14.8. The standard InChI is InChI=1S/C19H36Te2/c1-6-8-15-20-19(21-16-9-7-2)14-13-18(5)12-10-11-17(3)4/h11,14,18H,6-10,12-13,15-16H2,1-5H3. The van der Waals surface area contributed by atoms with Gasteiger partial charge in [-0.1, -0.05) is 0 Å². The van der Waals surface area contributed by atoms with Gasteiger partial charge >= 0.3 is 156 Å². The molecule has 1 atom stereocenters. The molecule has 0 bridgehead atoms. The number of allylic oxidation sites excluding steroid dienone is 3. The van der Waals surface area contributed by atoms with Crippen LogP contribution in [0, 0.1) is 5.92 Å². The fourth-order valence-corrected chi connectivity index (χ4v) is 11.7. The van der Waals surface area contributed by atoms with Crippen LogP contribution in [0.4, 0.5) is 0 Å². The van der Waals surface area contributed by atoms with Crippen molar-refractivity contribution in [3.8, 4) is 0 Å². The van der Waals surface area contributed by atoms with E-state index in [4.69, 9.17) is 0 Å². The van der Waals surface area contributed by atoms with Gasteiger partial charge in [0.25, 0.3) is 0 Å². The van der Waals surface area contributed by atoms with Crippen LogP contribution in [0.1, 0.15) is 79.6 Å². The van der Waals surface area contributed by atoms with Crippen LogP contribution in [0.15, 0.2) is 19.4 Å². The Morgan fingerprint density at radius 2 is 1.52 bits per heavy atom. The van der Waals surface area contributed by atoms with E-state index in [-0.39, 0.29) is 41.8 Å². The number of rotatable bonds is 13. The molecule has 0 aliphatic rings. The average Bonchev–Trinajstić information content (AvgIpc) is 2.44. The van der Waals surface area contributed by atoms with Crippen LogP contribution in [-0.4, -0.2) is 41.8 Å². The third-order valence-electron chi connectivity index (χ3n) is 3.38. The summed E-state index contributed by atoms with van der Waals surface area (Å²) in [7, 11) is 0. The van der Waals surface area contributed by atoms with E-state index in [1.807, 2.05) is 1.67 Å². The molecule has 0 aromatic rings. The molecule has 0 saturated carbocycles. The third kappa shape index (κ3) is 15.7. The van der Waals surface area contributed by atoms with Crippen LogP contribution in [0.25, 0.3) is 0 Å². The van der Waals surface area contributed by atoms with Crippen LogP contribution in [0.2, 0.25) is 8.94 Å². The molecule has 0 N–H and O–H groups in total. The molecule has 0 saturated heterocycles. The molecule has 0 spiro atoms. The predicted octanol–water partition coefficient (Wildman–Crippen LogP) is 6.45. The zero-order valence-corrected chi connectivity index (χ0v) is 19.6. The Morgan fingerprint density at radius 1 is 0.952 bits per heavy atom. The SMILES string of the molecule is CCCC[Te]C(=CCC(C)CCC=C(C)C)[Te]CCCC. The molecule has 21 heavy (non-hydrogen) atoms. The molecule has 0 nitrogen and oxygen atoms in total. The van der Waals surface area contributed by atoms with Gasteiger partial charge in [-0.2, -0.15) is 0 Å². The van der Waals surface area contributed by atoms with Crippen LogP contribution >= 0.6 is 0 Å². The molecule has 0 fully saturated rings. The summed E-state index contributed by atoms with van der Waals surface area (Å²) in [4.78, 5) is 0. The summed E-state index contributed by atoms with van der Waals surface area (Å²) in [6.45, 7) is 11.5. The minimum absolute atomic E-state index is 0.201. The van der Waals surface area contributed by atoms with E-state index in [1.165, 1.54) is 50.5 Å². The molecular weight excluding hydrogens is 483 g/mol. The van der Waals surface area contributed by atoms with Crippen molar-refractivity contribution in [2.45, 2.75) is 88.5 Å². The maximum atomic E-state index is 2.70. The second-order valence-corrected chi connectivity index (χ2v) is 15.1. The molecule has 0 aliphatic carbocycles. The summed E-state index contributed by atoms with van der Waals surface area (Å²) in [5.74, 6) is 0.868. The molecule has 0 radical (unpaired) electrons. The Balaban J connectivity index is 4.14. The molecule has 0 aromatic carbocycles. The summed E-state index contributed by atoms with van der Waals surface area (Å²) in [5.41, 5.74) is 1.47. The number of unbranched alkanes of at least 4 members (excludes halogenated alkanes) is 2. The Hall–Kier alpha value is 1.06. The summed E-state index contributed by atoms with van der Waals surface area (Å²) in [5, 5.41) is 0. The van der Waals surface area contributed by atoms with Crippen molar-refractivity contribution < 1.29 is 0 Å². The van der Waals surface area contributed by atoms with Crippen LogP contribution in [-0.2, 0) is 0 Å². The first kappa shape index (κ1) is 22.1. The fraction of sp³-hybridized carbons (Fsp3) is 0.789. The van der Waals surface area contributed by atoms with Crippen molar-refractivity contribution in [1.29, 1.82) is 0 Å². The van der Waals surface area contributed by atoms with Gasteiger partial charge < -0.3 is 0 Å². The van der Waals surface area contributed by atoms with E-state index < -0.39 is 0 Å². The van der Waals surface area contributed by atoms with Crippen LogP contribution < -0.4 is 0 Å². The van der Waals surface area contributed by atoms with E-state index in [9.17, 15) is 0 Å². The normalized spacial score (nSPS) is 12.0. The maximum absolute atomic E-state index is 2.70. The van der Waals surface area contributed by atoms with Gasteiger partial charge in [-0.05, 0) is 0 Å². The molecule has 0 aromatic heterocycles. The zero-order chi connectivity index (χ0) is 15.9. The number of hydrogen-bond acceptors (Lipinski definition) is 0. The Labute approximate surface area is 154 Å². The zero-order valence-electron chi connectivity index (χ0n) is 14.9. The Morgan fingerprint density at radius 3 is 2.00 bits per heavy atom. The Bertz CT molecular complexity index is 276. The molecule has 0 rings (SSSR count). The predicted molar refractivity (Wildman–Crippen MR) is 101 cm³/mol. The average molecular weight is 520 g/mol. The van der Waals surface area contributed by atoms with Crippen molar-refractivity contribution in [1.82, 2.24) is 0 Å². The van der Waals surface area contributed by atoms with Gasteiger partial charge in [-0.25, -0.2) is 0 Å². The van der Waals surface area contributed by atoms with E-state index in [2.05, 4.69) is 46.8 Å². The van der Waals surface area contributed by atoms with Crippen LogP contribution in [0.3, 0.4) is 0 Å². The van der Waals surface area contributed by atoms with Gasteiger partial charge in [0.2, 0.25) is 0 Å². The third-order valence-corrected chi connectivity index (χ3v) is 13.3. The van der Waals surface area contributed by atoms with Crippen molar-refractivity contribution in [2.75, 3.05) is 0 Å². The topological polar surface area (TPSA) is 0 Å². The van der Waals surface area contributed by atoms with E-state index in [0.29, 0.717) is 0 Å². The molecule has 1 unspecified atom stereocenters. The van der Waals surface area contributed by atoms with Crippen molar-refractivity contribution in [3.63, 3.8) is 0 Å². The van der Waals surface area contributed by atoms with Crippen molar-refractivity contribution >= 4 is 41.8 Å². The fourth-order valence-electron chi connectivity index (χ4n) is 1.87. The first-order valence-corrected chi connectivity index (χ1v) is 14.3. The second-order valence-electron chi connectivity index (χ2n) is 6.13. The molecular formula is C19H36Te2. The van der Waals surface area contributed by atoms with Gasteiger partial charge in [0.1, 0.15) is 0 Å². The molecule has 2 heteroatoms. The van der Waals surface area contributed by atoms with Crippen molar-refractivity contribution in [3.05, 3.63) is 19.4 Å². The molecule has 0 aliphatic heterocycles. The van der Waals surface area contributed by atoms with Gasteiger partial charge in [0.05, 0.1) is 0 Å². The number of hydrogen-bond donors (Lipinski definition) is 0. The summed E-state index contributed by atoms with van der Waals surface area (Å²) in [6, 6.07) is 0. The monoisotopic (exact) mass is 524 g/mol. The summed E-state index contributed by atoms with van der Waals surface area (Å²) >= 11 is 0.401. The van der Waals surface area contributed by atoms with E-state index >= 15 is 0 Å². The second kappa shape index (κ2) is 15.9. The first-order valence-electron chi connectivity index (χ1n) is 8.69. The van der Waals surface area contributed by atoms with Crippen molar-refractivity contribution in [2.24, 2.45) is 5.92 Å². The summed E-state index contributed by atoms with van der Waals surface area (Å²) < 4.78 is 5.11. The van der Waals surface area contributed by atoms with Gasteiger partial charge in [0.15, 0.2) is 0 Å². The van der Waals surface area contributed by atoms with Gasteiger partial charge in [-0.15, -0.1) is 0 Å². The van der Waals surface area contributed by atoms with E-state index in [0.717, 1.165) is 5.92 Å². The van der Waals surface area contributed by atoms with E-state index in [1.54, 1.807) is 8.94 Å². The first-order chi connectivity index (χ1) is 10.1. The van der Waals surface area contributed by atoms with Gasteiger partial charge in [0, 0.05) is 0 Å². The van der Waals surface area contributed by atoms with Gasteiger partial charge in [-0.3, -0.25) is 0 Å². The van der Waals surface area contributed by atoms with Crippen LogP contribution in [0.5, 0.6) is 0 Å². The molecule has 0 amide bonds.